The summed E-state index contributed by atoms with van der Waals surface area (Å²) < 4.78 is 36.5. The Bertz CT molecular complexity index is 893. The Morgan fingerprint density at radius 3 is 2.00 bits per heavy atom. The van der Waals surface area contributed by atoms with Crippen LogP contribution in [0.25, 0.3) is 11.4 Å². The molecule has 2 aromatic rings. The summed E-state index contributed by atoms with van der Waals surface area (Å²) in [6.07, 6.45) is 14.7. The summed E-state index contributed by atoms with van der Waals surface area (Å²) in [5.74, 6) is 0.683. The van der Waals surface area contributed by atoms with Crippen LogP contribution in [0.1, 0.15) is 76.8 Å². The molecule has 180 valence electrons. The molecule has 0 aliphatic carbocycles. The Kier molecular flexibility index (Phi) is 11.4. The highest BCUT2D eigenvalue weighted by molar-refractivity contribution is 7.87. The molecule has 1 heterocycles. The number of imidazole rings is 1. The minimum Gasteiger partial charge on any atom is -0.376 e. The summed E-state index contributed by atoms with van der Waals surface area (Å²) in [6, 6.07) is 9.75. The summed E-state index contributed by atoms with van der Waals surface area (Å²) in [6.45, 7) is 3.27. The van der Waals surface area contributed by atoms with Crippen molar-refractivity contribution in [2.24, 2.45) is 0 Å². The Balaban J connectivity index is 2.12. The van der Waals surface area contributed by atoms with Gasteiger partial charge in [0.15, 0.2) is 5.69 Å². The van der Waals surface area contributed by atoms with Crippen LogP contribution in [-0.2, 0) is 28.1 Å². The second-order valence-corrected chi connectivity index (χ2v) is 10.7. The summed E-state index contributed by atoms with van der Waals surface area (Å²) in [5, 5.41) is 0. The molecule has 0 aliphatic heterocycles. The van der Waals surface area contributed by atoms with Crippen LogP contribution in [0.2, 0.25) is 0 Å². The summed E-state index contributed by atoms with van der Waals surface area (Å²) in [4.78, 5) is 0. The van der Waals surface area contributed by atoms with Crippen molar-refractivity contribution in [3.63, 3.8) is 0 Å². The Morgan fingerprint density at radius 1 is 0.906 bits per heavy atom. The van der Waals surface area contributed by atoms with E-state index in [0.717, 1.165) is 24.9 Å². The van der Waals surface area contributed by atoms with E-state index in [1.807, 2.05) is 36.5 Å². The molecule has 0 atom stereocenters. The number of aromatic nitrogens is 2. The number of hydrogen-bond donors (Lipinski definition) is 0. The lowest BCUT2D eigenvalue weighted by atomic mass is 10.1. The van der Waals surface area contributed by atoms with Crippen molar-refractivity contribution in [2.75, 3.05) is 21.2 Å². The van der Waals surface area contributed by atoms with Gasteiger partial charge >= 0.3 is 16.0 Å². The molecule has 0 radical (unpaired) electrons. The molecule has 0 N–H and O–H groups in total. The average molecular weight is 465 g/mol. The molecule has 0 bridgehead atoms. The molecule has 0 amide bonds. The van der Waals surface area contributed by atoms with Crippen LogP contribution in [-0.4, -0.2) is 37.9 Å². The molecule has 0 saturated heterocycles. The van der Waals surface area contributed by atoms with Crippen molar-refractivity contribution in [1.29, 1.82) is 0 Å². The van der Waals surface area contributed by atoms with Gasteiger partial charge in [0.1, 0.15) is 12.8 Å². The number of rotatable bonds is 16. The number of unbranched alkanes of at least 4 members (excludes halogenated alkanes) is 9. The highest BCUT2D eigenvalue weighted by Crippen LogP contribution is 2.22. The lowest BCUT2D eigenvalue weighted by Crippen LogP contribution is -2.37. The first kappa shape index (κ1) is 26.6. The van der Waals surface area contributed by atoms with Crippen LogP contribution in [0.4, 0.5) is 0 Å². The van der Waals surface area contributed by atoms with Gasteiger partial charge in [0, 0.05) is 21.2 Å². The zero-order valence-electron chi connectivity index (χ0n) is 20.4. The quantitative estimate of drug-likeness (QED) is 0.255. The molecule has 0 saturated carbocycles. The van der Waals surface area contributed by atoms with E-state index in [1.165, 1.54) is 59.6 Å². The molecule has 0 fully saturated rings. The molecular weight excluding hydrogens is 422 g/mol. The lowest BCUT2D eigenvalue weighted by molar-refractivity contribution is -0.685. The first-order valence-corrected chi connectivity index (χ1v) is 13.4. The second-order valence-electron chi connectivity index (χ2n) is 8.67. The average Bonchev–Trinajstić information content (AvgIpc) is 3.14. The van der Waals surface area contributed by atoms with Crippen LogP contribution in [0.3, 0.4) is 0 Å². The fourth-order valence-electron chi connectivity index (χ4n) is 4.02. The third-order valence-corrected chi connectivity index (χ3v) is 7.59. The van der Waals surface area contributed by atoms with Gasteiger partial charge < -0.3 is 4.74 Å². The molecular formula is C25H42N3O3S+. The van der Waals surface area contributed by atoms with Gasteiger partial charge in [-0.05, 0) is 25.0 Å². The van der Waals surface area contributed by atoms with E-state index in [0.29, 0.717) is 11.5 Å². The first-order valence-electron chi connectivity index (χ1n) is 12.0. The lowest BCUT2D eigenvalue weighted by Gasteiger charge is -2.12. The van der Waals surface area contributed by atoms with Gasteiger partial charge in [0.2, 0.25) is 0 Å². The van der Waals surface area contributed by atoms with Gasteiger partial charge in [0.05, 0.1) is 12.1 Å². The van der Waals surface area contributed by atoms with Crippen LogP contribution in [0.15, 0.2) is 36.5 Å². The highest BCUT2D eigenvalue weighted by Gasteiger charge is 2.35. The second kappa shape index (κ2) is 13.8. The van der Waals surface area contributed by atoms with Gasteiger partial charge in [-0.15, -0.1) is 3.97 Å². The minimum absolute atomic E-state index is 0.234. The molecule has 0 unspecified atom stereocenters. The maximum Gasteiger partial charge on any atom is 0.380 e. The van der Waals surface area contributed by atoms with Crippen LogP contribution in [0.5, 0.6) is 0 Å². The van der Waals surface area contributed by atoms with E-state index < -0.39 is 10.2 Å². The number of aryl methyl sites for hydroxylation is 1. The normalized spacial score (nSPS) is 12.0. The number of benzene rings is 1. The van der Waals surface area contributed by atoms with E-state index >= 15 is 0 Å². The molecule has 7 heteroatoms. The molecule has 1 aromatic carbocycles. The topological polar surface area (TPSA) is 55.4 Å². The summed E-state index contributed by atoms with van der Waals surface area (Å²) >= 11 is 0. The summed E-state index contributed by atoms with van der Waals surface area (Å²) in [5.41, 5.74) is 1.51. The third kappa shape index (κ3) is 7.42. The third-order valence-electron chi connectivity index (χ3n) is 5.80. The van der Waals surface area contributed by atoms with Gasteiger partial charge in [-0.3, -0.25) is 0 Å². The predicted molar refractivity (Wildman–Crippen MR) is 131 cm³/mol. The Labute approximate surface area is 195 Å². The number of methoxy groups -OCH3 is 1. The van der Waals surface area contributed by atoms with Gasteiger partial charge in [-0.2, -0.15) is 12.7 Å². The smallest absolute Gasteiger partial charge is 0.376 e. The van der Waals surface area contributed by atoms with E-state index in [2.05, 4.69) is 11.5 Å². The van der Waals surface area contributed by atoms with E-state index in [9.17, 15) is 8.42 Å². The van der Waals surface area contributed by atoms with E-state index in [1.54, 1.807) is 21.2 Å². The molecule has 32 heavy (non-hydrogen) atoms. The Hall–Kier alpha value is -1.70. The monoisotopic (exact) mass is 464 g/mol. The van der Waals surface area contributed by atoms with Crippen molar-refractivity contribution in [2.45, 2.75) is 84.3 Å². The predicted octanol–water partition coefficient (Wildman–Crippen LogP) is 5.16. The fourth-order valence-corrected chi connectivity index (χ4v) is 5.17. The molecule has 1 aromatic heterocycles. The SMILES string of the molecule is CCCCCCCCCCCC[n+]1cc(COC)n(S(=O)(=O)N(C)C)c1-c1ccccc1. The summed E-state index contributed by atoms with van der Waals surface area (Å²) in [7, 11) is 1.03. The van der Waals surface area contributed by atoms with Crippen LogP contribution >= 0.6 is 0 Å². The van der Waals surface area contributed by atoms with Crippen molar-refractivity contribution in [1.82, 2.24) is 8.28 Å². The maximum atomic E-state index is 13.2. The Morgan fingerprint density at radius 2 is 1.47 bits per heavy atom. The van der Waals surface area contributed by atoms with Crippen LogP contribution in [0, 0.1) is 0 Å². The molecule has 0 aliphatic rings. The van der Waals surface area contributed by atoms with Crippen molar-refractivity contribution >= 4 is 10.2 Å². The van der Waals surface area contributed by atoms with Gasteiger partial charge in [0.25, 0.3) is 0 Å². The van der Waals surface area contributed by atoms with Crippen molar-refractivity contribution < 1.29 is 17.7 Å². The largest absolute Gasteiger partial charge is 0.380 e. The first-order chi connectivity index (χ1) is 15.4. The van der Waals surface area contributed by atoms with E-state index in [-0.39, 0.29) is 6.61 Å². The molecule has 6 nitrogen and oxygen atoms in total. The van der Waals surface area contributed by atoms with E-state index in [4.69, 9.17) is 4.74 Å². The zero-order chi connectivity index (χ0) is 23.4. The maximum absolute atomic E-state index is 13.2. The van der Waals surface area contributed by atoms with Crippen molar-refractivity contribution in [3.05, 3.63) is 42.2 Å². The van der Waals surface area contributed by atoms with Crippen molar-refractivity contribution in [3.8, 4) is 11.4 Å². The molecule has 2 rings (SSSR count). The minimum atomic E-state index is -3.69. The van der Waals surface area contributed by atoms with Gasteiger partial charge in [-0.25, -0.2) is 4.57 Å². The highest BCUT2D eigenvalue weighted by atomic mass is 32.2. The number of hydrogen-bond acceptors (Lipinski definition) is 3. The standard InChI is InChI=1S/C25H42N3O3S/c1-5-6-7-8-9-10-11-12-13-17-20-27-21-24(22-31-4)28(32(29,30)26(2)3)25(27)23-18-15-14-16-19-23/h14-16,18-19,21H,5-13,17,20,22H2,1-4H3/q+1. The van der Waals surface area contributed by atoms with Gasteiger partial charge in [-0.1, -0.05) is 76.5 Å². The molecule has 0 spiro atoms. The van der Waals surface area contributed by atoms with Crippen LogP contribution < -0.4 is 4.57 Å². The number of nitrogens with zero attached hydrogens (tertiary/aromatic N) is 3. The zero-order valence-corrected chi connectivity index (χ0v) is 21.2. The fraction of sp³-hybridized carbons (Fsp3) is 0.640. The number of ether oxygens (including phenoxy) is 1.